The van der Waals surface area contributed by atoms with E-state index in [4.69, 9.17) is 16.7 Å². The highest BCUT2D eigenvalue weighted by Crippen LogP contribution is 2.42. The monoisotopic (exact) mass is 270 g/mol. The van der Waals surface area contributed by atoms with Gasteiger partial charge in [-0.3, -0.25) is 0 Å². The third kappa shape index (κ3) is 3.71. The average Bonchev–Trinajstić information content (AvgIpc) is 2.62. The number of hydrogen-bond donors (Lipinski definition) is 2. The molecule has 2 nitrogen and oxygen atoms in total. The summed E-state index contributed by atoms with van der Waals surface area (Å²) < 4.78 is 0. The fourth-order valence-corrected chi connectivity index (χ4v) is 2.76. The Balaban J connectivity index is 0.000000771. The van der Waals surface area contributed by atoms with E-state index in [1.165, 1.54) is 5.56 Å². The molecule has 1 aromatic carbocycles. The van der Waals surface area contributed by atoms with Crippen molar-refractivity contribution in [1.82, 2.24) is 0 Å². The summed E-state index contributed by atoms with van der Waals surface area (Å²) in [5.41, 5.74) is 1.35. The van der Waals surface area contributed by atoms with E-state index in [1.54, 1.807) is 0 Å². The molecule has 2 N–H and O–H groups in total. The maximum Gasteiger partial charge on any atom is 0.0622 e. The van der Waals surface area contributed by atoms with E-state index in [2.05, 4.69) is 26.0 Å². The Bertz CT molecular complexity index is 359. The van der Waals surface area contributed by atoms with E-state index in [0.717, 1.165) is 31.4 Å². The molecule has 0 saturated heterocycles. The minimum absolute atomic E-state index is 0.0804. The van der Waals surface area contributed by atoms with Gasteiger partial charge >= 0.3 is 0 Å². The molecule has 1 saturated carbocycles. The van der Waals surface area contributed by atoms with Gasteiger partial charge < -0.3 is 10.2 Å². The zero-order valence-corrected chi connectivity index (χ0v) is 12.1. The summed E-state index contributed by atoms with van der Waals surface area (Å²) >= 11 is 5.85. The molecule has 3 heteroatoms. The van der Waals surface area contributed by atoms with Gasteiger partial charge in [0, 0.05) is 12.1 Å². The van der Waals surface area contributed by atoms with E-state index in [0.29, 0.717) is 5.92 Å². The molecule has 0 aromatic heterocycles. The van der Waals surface area contributed by atoms with Crippen molar-refractivity contribution in [1.29, 1.82) is 0 Å². The molecule has 0 radical (unpaired) electrons. The standard InChI is InChI=1S/C14H19ClO.CH4O/c1-14(2)8-7-11(13(14)16)9-10-3-5-12(15)6-4-10;1-2/h3-6,11,13,16H,7-9H2,1-2H3;2H,1H3/t11-,13+;/m1./s1. The smallest absolute Gasteiger partial charge is 0.0622 e. The zero-order valence-electron chi connectivity index (χ0n) is 11.4. The van der Waals surface area contributed by atoms with E-state index in [9.17, 15) is 5.11 Å². The highest BCUT2D eigenvalue weighted by Gasteiger charge is 2.40. The van der Waals surface area contributed by atoms with Gasteiger partial charge in [0.05, 0.1) is 6.10 Å². The summed E-state index contributed by atoms with van der Waals surface area (Å²) in [5, 5.41) is 18.0. The summed E-state index contributed by atoms with van der Waals surface area (Å²) in [6.45, 7) is 4.30. The molecule has 1 aromatic rings. The molecular weight excluding hydrogens is 248 g/mol. The number of rotatable bonds is 2. The second kappa shape index (κ2) is 6.55. The minimum Gasteiger partial charge on any atom is -0.400 e. The second-order valence-corrected chi connectivity index (χ2v) is 6.00. The second-order valence-electron chi connectivity index (χ2n) is 5.56. The van der Waals surface area contributed by atoms with Gasteiger partial charge in [-0.25, -0.2) is 0 Å². The first-order valence-electron chi connectivity index (χ1n) is 6.36. The van der Waals surface area contributed by atoms with Crippen LogP contribution in [0.2, 0.25) is 5.02 Å². The van der Waals surface area contributed by atoms with Crippen molar-refractivity contribution < 1.29 is 10.2 Å². The molecule has 2 rings (SSSR count). The lowest BCUT2D eigenvalue weighted by atomic mass is 9.85. The van der Waals surface area contributed by atoms with Crippen molar-refractivity contribution in [2.75, 3.05) is 7.11 Å². The van der Waals surface area contributed by atoms with Crippen molar-refractivity contribution in [2.45, 2.75) is 39.2 Å². The maximum absolute atomic E-state index is 10.2. The predicted octanol–water partition coefficient (Wildman–Crippen LogP) is 3.29. The van der Waals surface area contributed by atoms with Crippen molar-refractivity contribution in [3.8, 4) is 0 Å². The third-order valence-electron chi connectivity index (χ3n) is 3.82. The van der Waals surface area contributed by atoms with E-state index in [-0.39, 0.29) is 11.5 Å². The summed E-state index contributed by atoms with van der Waals surface area (Å²) in [7, 11) is 1.00. The van der Waals surface area contributed by atoms with Crippen molar-refractivity contribution in [2.24, 2.45) is 11.3 Å². The molecule has 0 spiro atoms. The number of benzene rings is 1. The third-order valence-corrected chi connectivity index (χ3v) is 4.07. The molecular formula is C15H23ClO2. The molecule has 2 atom stereocenters. The number of aliphatic hydroxyl groups is 2. The van der Waals surface area contributed by atoms with Crippen LogP contribution in [0.5, 0.6) is 0 Å². The zero-order chi connectivity index (χ0) is 13.8. The van der Waals surface area contributed by atoms with Crippen molar-refractivity contribution in [3.63, 3.8) is 0 Å². The van der Waals surface area contributed by atoms with Gasteiger partial charge in [0.15, 0.2) is 0 Å². The van der Waals surface area contributed by atoms with Crippen LogP contribution in [0.3, 0.4) is 0 Å². The summed E-state index contributed by atoms with van der Waals surface area (Å²) in [6.07, 6.45) is 3.02. The summed E-state index contributed by atoms with van der Waals surface area (Å²) in [6, 6.07) is 7.95. The molecule has 102 valence electrons. The topological polar surface area (TPSA) is 40.5 Å². The first kappa shape index (κ1) is 15.5. The van der Waals surface area contributed by atoms with Gasteiger partial charge in [0.25, 0.3) is 0 Å². The SMILES string of the molecule is CC1(C)CC[C@H](Cc2ccc(Cl)cc2)[C@@H]1O.CO. The summed E-state index contributed by atoms with van der Waals surface area (Å²) in [4.78, 5) is 0. The number of halogens is 1. The van der Waals surface area contributed by atoms with Crippen molar-refractivity contribution in [3.05, 3.63) is 34.9 Å². The normalized spacial score (nSPS) is 25.4. The van der Waals surface area contributed by atoms with Gasteiger partial charge in [-0.1, -0.05) is 37.6 Å². The van der Waals surface area contributed by atoms with Gasteiger partial charge in [0.1, 0.15) is 0 Å². The largest absolute Gasteiger partial charge is 0.400 e. The number of hydrogen-bond acceptors (Lipinski definition) is 2. The van der Waals surface area contributed by atoms with Crippen LogP contribution in [0.25, 0.3) is 0 Å². The fraction of sp³-hybridized carbons (Fsp3) is 0.600. The van der Waals surface area contributed by atoms with Crippen LogP contribution in [0.15, 0.2) is 24.3 Å². The van der Waals surface area contributed by atoms with Gasteiger partial charge in [-0.2, -0.15) is 0 Å². The van der Waals surface area contributed by atoms with Crippen LogP contribution in [-0.4, -0.2) is 23.4 Å². The van der Waals surface area contributed by atoms with Crippen molar-refractivity contribution >= 4 is 11.6 Å². The van der Waals surface area contributed by atoms with Gasteiger partial charge in [-0.05, 0) is 48.3 Å². The average molecular weight is 271 g/mol. The van der Waals surface area contributed by atoms with Gasteiger partial charge in [0.2, 0.25) is 0 Å². The van der Waals surface area contributed by atoms with E-state index in [1.807, 2.05) is 12.1 Å². The van der Waals surface area contributed by atoms with Crippen LogP contribution in [0.1, 0.15) is 32.3 Å². The predicted molar refractivity (Wildman–Crippen MR) is 75.8 cm³/mol. The van der Waals surface area contributed by atoms with Crippen LogP contribution in [0.4, 0.5) is 0 Å². The first-order chi connectivity index (χ1) is 8.49. The van der Waals surface area contributed by atoms with Crippen LogP contribution < -0.4 is 0 Å². The molecule has 18 heavy (non-hydrogen) atoms. The Morgan fingerprint density at radius 3 is 2.22 bits per heavy atom. The lowest BCUT2D eigenvalue weighted by Crippen LogP contribution is -2.28. The molecule has 0 aliphatic heterocycles. The molecule has 0 heterocycles. The fourth-order valence-electron chi connectivity index (χ4n) is 2.64. The van der Waals surface area contributed by atoms with E-state index < -0.39 is 0 Å². The molecule has 0 amide bonds. The Labute approximate surface area is 115 Å². The van der Waals surface area contributed by atoms with Crippen LogP contribution >= 0.6 is 11.6 Å². The molecule has 1 aliphatic rings. The summed E-state index contributed by atoms with van der Waals surface area (Å²) in [5.74, 6) is 0.399. The lowest BCUT2D eigenvalue weighted by Gasteiger charge is -2.25. The minimum atomic E-state index is -0.178. The molecule has 1 fully saturated rings. The quantitative estimate of drug-likeness (QED) is 0.866. The highest BCUT2D eigenvalue weighted by atomic mass is 35.5. The Hall–Kier alpha value is -0.570. The molecule has 0 unspecified atom stereocenters. The Kier molecular flexibility index (Phi) is 5.64. The lowest BCUT2D eigenvalue weighted by molar-refractivity contribution is 0.0462. The molecule has 1 aliphatic carbocycles. The molecule has 0 bridgehead atoms. The number of aliphatic hydroxyl groups excluding tert-OH is 2. The van der Waals surface area contributed by atoms with E-state index >= 15 is 0 Å². The Morgan fingerprint density at radius 2 is 1.78 bits per heavy atom. The van der Waals surface area contributed by atoms with Crippen LogP contribution in [-0.2, 0) is 6.42 Å². The van der Waals surface area contributed by atoms with Gasteiger partial charge in [-0.15, -0.1) is 0 Å². The highest BCUT2D eigenvalue weighted by molar-refractivity contribution is 6.30. The maximum atomic E-state index is 10.2. The van der Waals surface area contributed by atoms with Crippen LogP contribution in [0, 0.1) is 11.3 Å². The Morgan fingerprint density at radius 1 is 1.22 bits per heavy atom. The first-order valence-corrected chi connectivity index (χ1v) is 6.74.